The number of hydrogen-bond acceptors (Lipinski definition) is 2. The molecule has 1 amide bonds. The van der Waals surface area contributed by atoms with Crippen molar-refractivity contribution in [1.29, 1.82) is 0 Å². The summed E-state index contributed by atoms with van der Waals surface area (Å²) in [5, 5.41) is 11.8. The van der Waals surface area contributed by atoms with Crippen molar-refractivity contribution in [2.24, 2.45) is 0 Å². The van der Waals surface area contributed by atoms with Crippen LogP contribution in [0.25, 0.3) is 0 Å². The number of carbonyl (C=O) groups is 1. The number of aliphatic hydroxyl groups excluding tert-OH is 1. The number of benzene rings is 1. The molecule has 2 rings (SSSR count). The Kier molecular flexibility index (Phi) is 2.27. The van der Waals surface area contributed by atoms with Gasteiger partial charge in [0.2, 0.25) is 5.91 Å². The Morgan fingerprint density at radius 3 is 2.80 bits per heavy atom. The summed E-state index contributed by atoms with van der Waals surface area (Å²) >= 11 is 0. The predicted octanol–water partition coefficient (Wildman–Crippen LogP) is 1.45. The van der Waals surface area contributed by atoms with E-state index in [1.807, 2.05) is 32.0 Å². The van der Waals surface area contributed by atoms with E-state index in [1.165, 1.54) is 0 Å². The van der Waals surface area contributed by atoms with Crippen LogP contribution in [0, 0.1) is 0 Å². The van der Waals surface area contributed by atoms with Crippen LogP contribution in [0.2, 0.25) is 0 Å². The molecule has 80 valence electrons. The summed E-state index contributed by atoms with van der Waals surface area (Å²) in [4.78, 5) is 11.7. The normalized spacial score (nSPS) is 17.4. The van der Waals surface area contributed by atoms with Gasteiger partial charge in [0.25, 0.3) is 0 Å². The van der Waals surface area contributed by atoms with Gasteiger partial charge in [-0.2, -0.15) is 0 Å². The van der Waals surface area contributed by atoms with Crippen molar-refractivity contribution in [1.82, 2.24) is 0 Å². The second kappa shape index (κ2) is 3.35. The minimum Gasteiger partial charge on any atom is -0.396 e. The molecule has 0 radical (unpaired) electrons. The number of aliphatic hydroxyl groups is 1. The van der Waals surface area contributed by atoms with Crippen LogP contribution in [0.3, 0.4) is 0 Å². The molecule has 0 bridgehead atoms. The summed E-state index contributed by atoms with van der Waals surface area (Å²) in [5.74, 6) is 0.0305. The molecule has 1 heterocycles. The highest BCUT2D eigenvalue weighted by atomic mass is 16.3. The first-order chi connectivity index (χ1) is 7.07. The topological polar surface area (TPSA) is 49.3 Å². The first-order valence-electron chi connectivity index (χ1n) is 5.12. The molecule has 0 spiro atoms. The number of amides is 1. The summed E-state index contributed by atoms with van der Waals surface area (Å²) in [5.41, 5.74) is 2.49. The molecule has 0 saturated heterocycles. The van der Waals surface area contributed by atoms with Crippen molar-refractivity contribution in [3.63, 3.8) is 0 Å². The van der Waals surface area contributed by atoms with E-state index in [0.29, 0.717) is 6.42 Å². The van der Waals surface area contributed by atoms with Crippen LogP contribution in [0.5, 0.6) is 0 Å². The molecule has 1 aliphatic rings. The molecule has 0 unspecified atom stereocenters. The molecule has 15 heavy (non-hydrogen) atoms. The third kappa shape index (κ3) is 1.43. The molecule has 2 N–H and O–H groups in total. The Labute approximate surface area is 89.1 Å². The molecular formula is C12H15NO2. The molecule has 1 aliphatic heterocycles. The van der Waals surface area contributed by atoms with Crippen LogP contribution in [-0.2, 0) is 16.6 Å². The van der Waals surface area contributed by atoms with Crippen molar-refractivity contribution in [3.8, 4) is 0 Å². The molecule has 0 atom stereocenters. The van der Waals surface area contributed by atoms with Gasteiger partial charge in [-0.1, -0.05) is 12.1 Å². The minimum atomic E-state index is -0.485. The number of fused-ring (bicyclic) bond motifs is 1. The van der Waals surface area contributed by atoms with Gasteiger partial charge < -0.3 is 10.4 Å². The Bertz CT molecular complexity index is 410. The average molecular weight is 205 g/mol. The highest BCUT2D eigenvalue weighted by Gasteiger charge is 2.39. The van der Waals surface area contributed by atoms with Gasteiger partial charge in [-0.25, -0.2) is 0 Å². The summed E-state index contributed by atoms with van der Waals surface area (Å²) in [6, 6.07) is 5.78. The Morgan fingerprint density at radius 2 is 2.13 bits per heavy atom. The van der Waals surface area contributed by atoms with Crippen LogP contribution in [0.1, 0.15) is 25.0 Å². The number of hydrogen-bond donors (Lipinski definition) is 2. The maximum Gasteiger partial charge on any atom is 0.234 e. The highest BCUT2D eigenvalue weighted by Crippen LogP contribution is 2.39. The van der Waals surface area contributed by atoms with Gasteiger partial charge in [0, 0.05) is 12.3 Å². The standard InChI is InChI=1S/C12H15NO2/c1-12(2)10-8(6-7-14)4-3-5-9(10)13-11(12)15/h3-5,14H,6-7H2,1-2H3,(H,13,15). The van der Waals surface area contributed by atoms with Crippen molar-refractivity contribution in [2.75, 3.05) is 11.9 Å². The van der Waals surface area contributed by atoms with E-state index in [0.717, 1.165) is 16.8 Å². The second-order valence-electron chi connectivity index (χ2n) is 4.39. The van der Waals surface area contributed by atoms with Crippen LogP contribution in [0.15, 0.2) is 18.2 Å². The fourth-order valence-electron chi connectivity index (χ4n) is 2.16. The number of rotatable bonds is 2. The fourth-order valence-corrected chi connectivity index (χ4v) is 2.16. The molecule has 3 nitrogen and oxygen atoms in total. The largest absolute Gasteiger partial charge is 0.396 e. The third-order valence-electron chi connectivity index (χ3n) is 2.97. The van der Waals surface area contributed by atoms with E-state index < -0.39 is 5.41 Å². The van der Waals surface area contributed by atoms with E-state index in [1.54, 1.807) is 0 Å². The van der Waals surface area contributed by atoms with Crippen molar-refractivity contribution >= 4 is 11.6 Å². The van der Waals surface area contributed by atoms with Crippen molar-refractivity contribution in [3.05, 3.63) is 29.3 Å². The molecular weight excluding hydrogens is 190 g/mol. The van der Waals surface area contributed by atoms with Gasteiger partial charge in [0.15, 0.2) is 0 Å². The molecule has 0 saturated carbocycles. The lowest BCUT2D eigenvalue weighted by Gasteiger charge is -2.18. The van der Waals surface area contributed by atoms with E-state index >= 15 is 0 Å². The van der Waals surface area contributed by atoms with Crippen LogP contribution >= 0.6 is 0 Å². The zero-order chi connectivity index (χ0) is 11.1. The van der Waals surface area contributed by atoms with E-state index in [-0.39, 0.29) is 12.5 Å². The average Bonchev–Trinajstić information content (AvgIpc) is 2.39. The first kappa shape index (κ1) is 10.2. The molecule has 0 fully saturated rings. The van der Waals surface area contributed by atoms with E-state index in [9.17, 15) is 4.79 Å². The maximum atomic E-state index is 11.7. The SMILES string of the molecule is CC1(C)C(=O)Nc2cccc(CCO)c21. The highest BCUT2D eigenvalue weighted by molar-refractivity contribution is 6.06. The Balaban J connectivity index is 2.56. The van der Waals surface area contributed by atoms with Gasteiger partial charge in [-0.05, 0) is 37.5 Å². The molecule has 1 aromatic rings. The van der Waals surface area contributed by atoms with Gasteiger partial charge in [-0.3, -0.25) is 4.79 Å². The van der Waals surface area contributed by atoms with Gasteiger partial charge >= 0.3 is 0 Å². The quantitative estimate of drug-likeness (QED) is 0.767. The maximum absolute atomic E-state index is 11.7. The number of carbonyl (C=O) groups excluding carboxylic acids is 1. The zero-order valence-corrected chi connectivity index (χ0v) is 9.00. The number of anilines is 1. The first-order valence-corrected chi connectivity index (χ1v) is 5.12. The van der Waals surface area contributed by atoms with Crippen molar-refractivity contribution in [2.45, 2.75) is 25.7 Å². The third-order valence-corrected chi connectivity index (χ3v) is 2.97. The minimum absolute atomic E-state index is 0.0305. The summed E-state index contributed by atoms with van der Waals surface area (Å²) < 4.78 is 0. The monoisotopic (exact) mass is 205 g/mol. The molecule has 3 heteroatoms. The lowest BCUT2D eigenvalue weighted by Crippen LogP contribution is -2.27. The van der Waals surface area contributed by atoms with E-state index in [2.05, 4.69) is 5.32 Å². The van der Waals surface area contributed by atoms with Gasteiger partial charge in [-0.15, -0.1) is 0 Å². The van der Waals surface area contributed by atoms with Crippen LogP contribution < -0.4 is 5.32 Å². The lowest BCUT2D eigenvalue weighted by atomic mass is 9.82. The zero-order valence-electron chi connectivity index (χ0n) is 9.00. The lowest BCUT2D eigenvalue weighted by molar-refractivity contribution is -0.119. The second-order valence-corrected chi connectivity index (χ2v) is 4.39. The predicted molar refractivity (Wildman–Crippen MR) is 58.9 cm³/mol. The van der Waals surface area contributed by atoms with Crippen molar-refractivity contribution < 1.29 is 9.90 Å². The molecule has 0 aromatic heterocycles. The summed E-state index contributed by atoms with van der Waals surface area (Å²) in [6.07, 6.45) is 0.599. The van der Waals surface area contributed by atoms with E-state index in [4.69, 9.17) is 5.11 Å². The Hall–Kier alpha value is -1.35. The number of nitrogens with one attached hydrogen (secondary N) is 1. The van der Waals surface area contributed by atoms with Crippen LogP contribution in [-0.4, -0.2) is 17.6 Å². The van der Waals surface area contributed by atoms with Gasteiger partial charge in [0.05, 0.1) is 5.41 Å². The Morgan fingerprint density at radius 1 is 1.40 bits per heavy atom. The molecule has 1 aromatic carbocycles. The molecule has 0 aliphatic carbocycles. The summed E-state index contributed by atoms with van der Waals surface area (Å²) in [7, 11) is 0. The van der Waals surface area contributed by atoms with Crippen LogP contribution in [0.4, 0.5) is 5.69 Å². The van der Waals surface area contributed by atoms with Gasteiger partial charge in [0.1, 0.15) is 0 Å². The fraction of sp³-hybridized carbons (Fsp3) is 0.417. The smallest absolute Gasteiger partial charge is 0.234 e. The summed E-state index contributed by atoms with van der Waals surface area (Å²) in [6.45, 7) is 3.94.